The lowest BCUT2D eigenvalue weighted by Crippen LogP contribution is -2.47. The molecule has 1 saturated heterocycles. The molecule has 1 fully saturated rings. The van der Waals surface area contributed by atoms with Crippen molar-refractivity contribution >= 4 is 39.7 Å². The van der Waals surface area contributed by atoms with E-state index in [1.165, 1.54) is 12.1 Å². The minimum absolute atomic E-state index is 0. The summed E-state index contributed by atoms with van der Waals surface area (Å²) in [5.41, 5.74) is -0.540. The predicted octanol–water partition coefficient (Wildman–Crippen LogP) is 1.57. The molecule has 10 heteroatoms. The molecule has 0 atom stereocenters. The van der Waals surface area contributed by atoms with E-state index in [1.807, 2.05) is 0 Å². The van der Waals surface area contributed by atoms with E-state index >= 15 is 0 Å². The average Bonchev–Trinajstić information content (AvgIpc) is 2.50. The third-order valence-corrected chi connectivity index (χ3v) is 4.57. The first kappa shape index (κ1) is 21.6. The number of hydrogen-bond donors (Lipinski definition) is 3. The molecule has 7 nitrogen and oxygen atoms in total. The monoisotopic (exact) mass is 395 g/mol. The van der Waals surface area contributed by atoms with Crippen LogP contribution >= 0.6 is 12.4 Å². The van der Waals surface area contributed by atoms with Gasteiger partial charge >= 0.3 is 0 Å². The molecule has 1 amide bonds. The maximum atomic E-state index is 13.7. The summed E-state index contributed by atoms with van der Waals surface area (Å²) in [6.45, 7) is 1.71. The third kappa shape index (κ3) is 5.81. The number of carbonyl (C=O) groups is 1. The maximum absolute atomic E-state index is 13.7. The molecular formula is C15H23ClFN3O4S. The van der Waals surface area contributed by atoms with Gasteiger partial charge in [0.1, 0.15) is 5.82 Å². The van der Waals surface area contributed by atoms with Gasteiger partial charge in [0.2, 0.25) is 15.9 Å². The molecule has 0 saturated carbocycles. The molecule has 0 aromatic heterocycles. The molecule has 0 bridgehead atoms. The lowest BCUT2D eigenvalue weighted by atomic mass is 9.78. The first-order valence-electron chi connectivity index (χ1n) is 7.54. The summed E-state index contributed by atoms with van der Waals surface area (Å²) in [6, 6.07) is 3.76. The molecule has 0 unspecified atom stereocenters. The van der Waals surface area contributed by atoms with Gasteiger partial charge in [0, 0.05) is 12.8 Å². The summed E-state index contributed by atoms with van der Waals surface area (Å²) in [5, 5.41) is 5.94. The Labute approximate surface area is 153 Å². The standard InChI is InChI=1S/C15H22FN3O4S.ClH/c1-23-10-15(5-7-17-8-6-15)14(20)18-11-3-4-12(16)13(9-11)19-24(2,21)22;/h3-4,9,17,19H,5-8,10H2,1-2H3,(H,18,20);1H. The molecule has 3 N–H and O–H groups in total. The van der Waals surface area contributed by atoms with Crippen molar-refractivity contribution in [1.82, 2.24) is 5.32 Å². The Hall–Kier alpha value is -1.42. The largest absolute Gasteiger partial charge is 0.384 e. The molecular weight excluding hydrogens is 373 g/mol. The van der Waals surface area contributed by atoms with Crippen LogP contribution in [0.25, 0.3) is 0 Å². The number of ether oxygens (including phenoxy) is 1. The van der Waals surface area contributed by atoms with Gasteiger partial charge in [-0.15, -0.1) is 12.4 Å². The normalized spacial score (nSPS) is 16.6. The third-order valence-electron chi connectivity index (χ3n) is 3.98. The number of rotatable bonds is 6. The summed E-state index contributed by atoms with van der Waals surface area (Å²) in [4.78, 5) is 12.7. The van der Waals surface area contributed by atoms with Gasteiger partial charge in [-0.05, 0) is 44.1 Å². The van der Waals surface area contributed by atoms with Gasteiger partial charge in [-0.2, -0.15) is 0 Å². The van der Waals surface area contributed by atoms with E-state index in [1.54, 1.807) is 7.11 Å². The number of anilines is 2. The van der Waals surface area contributed by atoms with Gasteiger partial charge in [0.15, 0.2) is 0 Å². The van der Waals surface area contributed by atoms with Gasteiger partial charge in [0.05, 0.1) is 24.0 Å². The molecule has 0 spiro atoms. The fraction of sp³-hybridized carbons (Fsp3) is 0.533. The van der Waals surface area contributed by atoms with E-state index in [9.17, 15) is 17.6 Å². The maximum Gasteiger partial charge on any atom is 0.233 e. The van der Waals surface area contributed by atoms with Crippen LogP contribution in [0.15, 0.2) is 18.2 Å². The number of nitrogens with one attached hydrogen (secondary N) is 3. The number of halogens is 2. The smallest absolute Gasteiger partial charge is 0.233 e. The zero-order valence-corrected chi connectivity index (χ0v) is 15.7. The highest BCUT2D eigenvalue weighted by Crippen LogP contribution is 2.31. The fourth-order valence-corrected chi connectivity index (χ4v) is 3.32. The summed E-state index contributed by atoms with van der Waals surface area (Å²) < 4.78 is 43.6. The number of carbonyl (C=O) groups excluding carboxylic acids is 1. The molecule has 1 aromatic carbocycles. The Kier molecular flexibility index (Phi) is 7.61. The number of benzene rings is 1. The van der Waals surface area contributed by atoms with Gasteiger partial charge in [-0.1, -0.05) is 0 Å². The molecule has 1 aliphatic rings. The topological polar surface area (TPSA) is 96.5 Å². The van der Waals surface area contributed by atoms with Crippen molar-refractivity contribution in [3.63, 3.8) is 0 Å². The molecule has 1 aliphatic heterocycles. The summed E-state index contributed by atoms with van der Waals surface area (Å²) in [6.07, 6.45) is 2.19. The van der Waals surface area contributed by atoms with Crippen molar-refractivity contribution in [3.05, 3.63) is 24.0 Å². The molecule has 1 heterocycles. The van der Waals surface area contributed by atoms with E-state index < -0.39 is 21.3 Å². The summed E-state index contributed by atoms with van der Waals surface area (Å²) >= 11 is 0. The molecule has 2 rings (SSSR count). The van der Waals surface area contributed by atoms with Crippen LogP contribution in [0.3, 0.4) is 0 Å². The molecule has 25 heavy (non-hydrogen) atoms. The molecule has 0 radical (unpaired) electrons. The Morgan fingerprint density at radius 2 is 2.00 bits per heavy atom. The SMILES string of the molecule is COCC1(C(=O)Nc2ccc(F)c(NS(C)(=O)=O)c2)CCNCC1.Cl. The van der Waals surface area contributed by atoms with Gasteiger partial charge in [0.25, 0.3) is 0 Å². The Morgan fingerprint density at radius 3 is 2.56 bits per heavy atom. The minimum Gasteiger partial charge on any atom is -0.384 e. The van der Waals surface area contributed by atoms with Crippen LogP contribution in [0.4, 0.5) is 15.8 Å². The quantitative estimate of drug-likeness (QED) is 0.679. The molecule has 142 valence electrons. The van der Waals surface area contributed by atoms with Crippen LogP contribution in [0.1, 0.15) is 12.8 Å². The highest BCUT2D eigenvalue weighted by atomic mass is 35.5. The summed E-state index contributed by atoms with van der Waals surface area (Å²) in [5.74, 6) is -0.936. The zero-order chi connectivity index (χ0) is 17.8. The van der Waals surface area contributed by atoms with Crippen LogP contribution in [0.2, 0.25) is 0 Å². The van der Waals surface area contributed by atoms with E-state index in [-0.39, 0.29) is 30.6 Å². The predicted molar refractivity (Wildman–Crippen MR) is 97.2 cm³/mol. The van der Waals surface area contributed by atoms with E-state index in [4.69, 9.17) is 4.74 Å². The lowest BCUT2D eigenvalue weighted by molar-refractivity contribution is -0.130. The highest BCUT2D eigenvalue weighted by Gasteiger charge is 2.39. The van der Waals surface area contributed by atoms with Crippen molar-refractivity contribution in [1.29, 1.82) is 0 Å². The van der Waals surface area contributed by atoms with Gasteiger partial charge in [-0.25, -0.2) is 12.8 Å². The van der Waals surface area contributed by atoms with E-state index in [0.717, 1.165) is 12.3 Å². The second-order valence-corrected chi connectivity index (χ2v) is 7.73. The second kappa shape index (κ2) is 8.79. The van der Waals surface area contributed by atoms with Crippen molar-refractivity contribution in [3.8, 4) is 0 Å². The first-order valence-corrected chi connectivity index (χ1v) is 9.43. The van der Waals surface area contributed by atoms with Gasteiger partial charge in [-0.3, -0.25) is 9.52 Å². The number of amides is 1. The van der Waals surface area contributed by atoms with Crippen LogP contribution in [0, 0.1) is 11.2 Å². The average molecular weight is 396 g/mol. The van der Waals surface area contributed by atoms with Crippen molar-refractivity contribution < 1.29 is 22.3 Å². The molecule has 1 aromatic rings. The van der Waals surface area contributed by atoms with E-state index in [2.05, 4.69) is 15.4 Å². The van der Waals surface area contributed by atoms with Crippen molar-refractivity contribution in [2.45, 2.75) is 12.8 Å². The Balaban J connectivity index is 0.00000312. The second-order valence-electron chi connectivity index (χ2n) is 5.99. The Bertz CT molecular complexity index is 703. The van der Waals surface area contributed by atoms with Crippen LogP contribution in [0.5, 0.6) is 0 Å². The number of hydrogen-bond acceptors (Lipinski definition) is 5. The van der Waals surface area contributed by atoms with Gasteiger partial charge < -0.3 is 15.4 Å². The highest BCUT2D eigenvalue weighted by molar-refractivity contribution is 7.92. The summed E-state index contributed by atoms with van der Waals surface area (Å²) in [7, 11) is -2.07. The van der Waals surface area contributed by atoms with Crippen molar-refractivity contribution in [2.24, 2.45) is 5.41 Å². The van der Waals surface area contributed by atoms with Crippen LogP contribution in [-0.4, -0.2) is 47.4 Å². The lowest BCUT2D eigenvalue weighted by Gasteiger charge is -2.35. The molecule has 0 aliphatic carbocycles. The number of methoxy groups -OCH3 is 1. The fourth-order valence-electron chi connectivity index (χ4n) is 2.76. The Morgan fingerprint density at radius 1 is 1.36 bits per heavy atom. The van der Waals surface area contributed by atoms with E-state index in [0.29, 0.717) is 31.6 Å². The van der Waals surface area contributed by atoms with Crippen LogP contribution < -0.4 is 15.4 Å². The number of sulfonamides is 1. The first-order chi connectivity index (χ1) is 11.3. The van der Waals surface area contributed by atoms with Crippen molar-refractivity contribution in [2.75, 3.05) is 43.1 Å². The number of piperidine rings is 1. The van der Waals surface area contributed by atoms with Crippen LogP contribution in [-0.2, 0) is 19.6 Å². The minimum atomic E-state index is -3.62. The zero-order valence-electron chi connectivity index (χ0n) is 14.1.